The van der Waals surface area contributed by atoms with Crippen molar-refractivity contribution in [3.8, 4) is 0 Å². The summed E-state index contributed by atoms with van der Waals surface area (Å²) < 4.78 is 0. The number of likely N-dealkylation sites (tertiary alicyclic amines) is 1. The predicted octanol–water partition coefficient (Wildman–Crippen LogP) is 3.71. The lowest BCUT2D eigenvalue weighted by Gasteiger charge is -2.33. The molecule has 0 spiro atoms. The monoisotopic (exact) mass is 365 g/mol. The SMILES string of the molecule is O=C(O)[C@](O)(c1ccccc1)N1CC[C@H](c2cc(Cl)cc(Cl)c2)C1. The molecule has 2 N–H and O–H groups in total. The number of hydrogen-bond donors (Lipinski definition) is 2. The molecule has 2 aromatic carbocycles. The number of aliphatic hydroxyl groups is 1. The number of halogens is 2. The first-order chi connectivity index (χ1) is 11.4. The maximum atomic E-state index is 11.8. The summed E-state index contributed by atoms with van der Waals surface area (Å²) in [5.74, 6) is -1.21. The lowest BCUT2D eigenvalue weighted by atomic mass is 9.98. The van der Waals surface area contributed by atoms with Gasteiger partial charge < -0.3 is 10.2 Å². The average molecular weight is 366 g/mol. The first kappa shape index (κ1) is 17.2. The van der Waals surface area contributed by atoms with Crippen LogP contribution in [0.2, 0.25) is 10.0 Å². The lowest BCUT2D eigenvalue weighted by molar-refractivity contribution is -0.183. The molecule has 3 rings (SSSR count). The van der Waals surface area contributed by atoms with Crippen LogP contribution in [0.5, 0.6) is 0 Å². The number of carboxylic acids is 1. The second kappa shape index (κ2) is 6.73. The molecule has 0 radical (unpaired) electrons. The molecule has 0 saturated carbocycles. The molecule has 0 aliphatic carbocycles. The van der Waals surface area contributed by atoms with E-state index in [1.165, 1.54) is 0 Å². The van der Waals surface area contributed by atoms with E-state index >= 15 is 0 Å². The molecule has 1 saturated heterocycles. The van der Waals surface area contributed by atoms with Gasteiger partial charge >= 0.3 is 5.97 Å². The highest BCUT2D eigenvalue weighted by molar-refractivity contribution is 6.34. The average Bonchev–Trinajstić information content (AvgIpc) is 3.04. The van der Waals surface area contributed by atoms with Crippen LogP contribution in [0.15, 0.2) is 48.5 Å². The maximum Gasteiger partial charge on any atom is 0.356 e. The van der Waals surface area contributed by atoms with Crippen molar-refractivity contribution >= 4 is 29.2 Å². The zero-order valence-electron chi connectivity index (χ0n) is 12.8. The summed E-state index contributed by atoms with van der Waals surface area (Å²) in [5.41, 5.74) is -0.739. The Bertz CT molecular complexity index is 733. The third kappa shape index (κ3) is 3.15. The van der Waals surface area contributed by atoms with Gasteiger partial charge in [-0.05, 0) is 36.1 Å². The van der Waals surface area contributed by atoms with Gasteiger partial charge in [0.25, 0.3) is 0 Å². The molecule has 2 aromatic rings. The molecule has 6 heteroatoms. The third-order valence-electron chi connectivity index (χ3n) is 4.48. The Morgan fingerprint density at radius 3 is 2.33 bits per heavy atom. The fraction of sp³-hybridized carbons (Fsp3) is 0.278. The zero-order chi connectivity index (χ0) is 17.3. The van der Waals surface area contributed by atoms with Gasteiger partial charge in [-0.2, -0.15) is 0 Å². The Morgan fingerprint density at radius 2 is 1.75 bits per heavy atom. The Labute approximate surface area is 150 Å². The molecule has 0 aromatic heterocycles. The van der Waals surface area contributed by atoms with Crippen molar-refractivity contribution in [2.75, 3.05) is 13.1 Å². The third-order valence-corrected chi connectivity index (χ3v) is 4.91. The summed E-state index contributed by atoms with van der Waals surface area (Å²) in [6.07, 6.45) is 0.721. The first-order valence-electron chi connectivity index (χ1n) is 7.63. The summed E-state index contributed by atoms with van der Waals surface area (Å²) in [6, 6.07) is 13.8. The number of benzene rings is 2. The minimum absolute atomic E-state index is 0.0655. The Hall–Kier alpha value is -1.59. The fourth-order valence-corrected chi connectivity index (χ4v) is 3.79. The van der Waals surface area contributed by atoms with Gasteiger partial charge in [-0.25, -0.2) is 4.79 Å². The molecule has 1 fully saturated rings. The van der Waals surface area contributed by atoms with E-state index in [1.807, 2.05) is 12.1 Å². The van der Waals surface area contributed by atoms with Gasteiger partial charge in [0, 0.05) is 28.7 Å². The largest absolute Gasteiger partial charge is 0.478 e. The summed E-state index contributed by atoms with van der Waals surface area (Å²) in [6.45, 7) is 0.876. The van der Waals surface area contributed by atoms with Gasteiger partial charge in [-0.15, -0.1) is 0 Å². The summed E-state index contributed by atoms with van der Waals surface area (Å²) in [7, 11) is 0. The van der Waals surface area contributed by atoms with Crippen molar-refractivity contribution in [3.63, 3.8) is 0 Å². The van der Waals surface area contributed by atoms with E-state index in [1.54, 1.807) is 41.3 Å². The number of carbonyl (C=O) groups is 1. The number of hydrogen-bond acceptors (Lipinski definition) is 3. The number of nitrogens with zero attached hydrogens (tertiary/aromatic N) is 1. The first-order valence-corrected chi connectivity index (χ1v) is 8.39. The smallest absolute Gasteiger partial charge is 0.356 e. The molecular weight excluding hydrogens is 349 g/mol. The van der Waals surface area contributed by atoms with Gasteiger partial charge in [0.05, 0.1) is 0 Å². The summed E-state index contributed by atoms with van der Waals surface area (Å²) >= 11 is 12.1. The topological polar surface area (TPSA) is 60.8 Å². The highest BCUT2D eigenvalue weighted by Gasteiger charge is 2.47. The van der Waals surface area contributed by atoms with Crippen molar-refractivity contribution in [2.24, 2.45) is 0 Å². The molecule has 1 heterocycles. The minimum atomic E-state index is -2.04. The highest BCUT2D eigenvalue weighted by Crippen LogP contribution is 2.37. The van der Waals surface area contributed by atoms with Crippen molar-refractivity contribution < 1.29 is 15.0 Å². The van der Waals surface area contributed by atoms with Crippen LogP contribution in [0.4, 0.5) is 0 Å². The normalized spacial score (nSPS) is 20.7. The van der Waals surface area contributed by atoms with Gasteiger partial charge in [0.1, 0.15) is 0 Å². The van der Waals surface area contributed by atoms with Crippen LogP contribution in [0.3, 0.4) is 0 Å². The molecule has 126 valence electrons. The van der Waals surface area contributed by atoms with Gasteiger partial charge in [0.15, 0.2) is 0 Å². The quantitative estimate of drug-likeness (QED) is 0.866. The van der Waals surface area contributed by atoms with Gasteiger partial charge in [0.2, 0.25) is 5.72 Å². The second-order valence-corrected chi connectivity index (χ2v) is 6.85. The van der Waals surface area contributed by atoms with Crippen LogP contribution in [-0.4, -0.2) is 34.2 Å². The van der Waals surface area contributed by atoms with Crippen LogP contribution >= 0.6 is 23.2 Å². The molecular formula is C18H17Cl2NO3. The van der Waals surface area contributed by atoms with Crippen LogP contribution < -0.4 is 0 Å². The molecule has 0 unspecified atom stereocenters. The molecule has 2 atom stereocenters. The van der Waals surface area contributed by atoms with Crippen molar-refractivity contribution in [1.29, 1.82) is 0 Å². The summed E-state index contributed by atoms with van der Waals surface area (Å²) in [5, 5.41) is 21.7. The molecule has 4 nitrogen and oxygen atoms in total. The van der Waals surface area contributed by atoms with E-state index in [2.05, 4.69) is 0 Å². The zero-order valence-corrected chi connectivity index (χ0v) is 14.3. The van der Waals surface area contributed by atoms with Crippen molar-refractivity contribution in [2.45, 2.75) is 18.1 Å². The highest BCUT2D eigenvalue weighted by atomic mass is 35.5. The van der Waals surface area contributed by atoms with Crippen LogP contribution in [0, 0.1) is 0 Å². The van der Waals surface area contributed by atoms with E-state index in [-0.39, 0.29) is 5.92 Å². The lowest BCUT2D eigenvalue weighted by Crippen LogP contribution is -2.51. The molecule has 24 heavy (non-hydrogen) atoms. The van der Waals surface area contributed by atoms with E-state index < -0.39 is 11.7 Å². The van der Waals surface area contributed by atoms with Crippen molar-refractivity contribution in [1.82, 2.24) is 4.90 Å². The van der Waals surface area contributed by atoms with E-state index in [0.29, 0.717) is 28.7 Å². The van der Waals surface area contributed by atoms with Crippen LogP contribution in [0.1, 0.15) is 23.5 Å². The standard InChI is InChI=1S/C18H17Cl2NO3/c19-15-8-13(9-16(20)10-15)12-6-7-21(11-12)18(24,17(22)23)14-4-2-1-3-5-14/h1-5,8-10,12,24H,6-7,11H2,(H,22,23)/t12-,18+/m0/s1. The Morgan fingerprint density at radius 1 is 1.12 bits per heavy atom. The van der Waals surface area contributed by atoms with E-state index in [9.17, 15) is 15.0 Å². The maximum absolute atomic E-state index is 11.8. The second-order valence-electron chi connectivity index (χ2n) is 5.98. The van der Waals surface area contributed by atoms with Gasteiger partial charge in [-0.1, -0.05) is 53.5 Å². The molecule has 0 amide bonds. The molecule has 1 aliphatic heterocycles. The predicted molar refractivity (Wildman–Crippen MR) is 93.4 cm³/mol. The van der Waals surface area contributed by atoms with Crippen molar-refractivity contribution in [3.05, 3.63) is 69.7 Å². The Balaban J connectivity index is 1.89. The molecule has 1 aliphatic rings. The van der Waals surface area contributed by atoms with Gasteiger partial charge in [-0.3, -0.25) is 4.90 Å². The van der Waals surface area contributed by atoms with E-state index in [4.69, 9.17) is 23.2 Å². The summed E-state index contributed by atoms with van der Waals surface area (Å²) in [4.78, 5) is 13.4. The number of rotatable bonds is 4. The number of carboxylic acid groups (broad SMARTS) is 1. The minimum Gasteiger partial charge on any atom is -0.478 e. The number of aliphatic carboxylic acids is 1. The van der Waals surface area contributed by atoms with E-state index in [0.717, 1.165) is 12.0 Å². The molecule has 0 bridgehead atoms. The Kier molecular flexibility index (Phi) is 4.83. The fourth-order valence-electron chi connectivity index (χ4n) is 3.25. The van der Waals surface area contributed by atoms with Crippen LogP contribution in [-0.2, 0) is 10.5 Å². The van der Waals surface area contributed by atoms with Crippen LogP contribution in [0.25, 0.3) is 0 Å².